The van der Waals surface area contributed by atoms with E-state index in [2.05, 4.69) is 236 Å². The summed E-state index contributed by atoms with van der Waals surface area (Å²) in [5.74, 6) is 1.03. The molecule has 0 spiro atoms. The van der Waals surface area contributed by atoms with Crippen LogP contribution in [0.2, 0.25) is 0 Å². The van der Waals surface area contributed by atoms with Gasteiger partial charge in [0.15, 0.2) is 0 Å². The summed E-state index contributed by atoms with van der Waals surface area (Å²) < 4.78 is 0. The van der Waals surface area contributed by atoms with E-state index < -0.39 is 0 Å². The number of para-hydroxylation sites is 2. The maximum atomic E-state index is 2.51. The van der Waals surface area contributed by atoms with Gasteiger partial charge in [-0.3, -0.25) is 0 Å². The molecule has 3 aliphatic carbocycles. The zero-order chi connectivity index (χ0) is 41.9. The third-order valence-corrected chi connectivity index (χ3v) is 13.9. The highest BCUT2D eigenvalue weighted by Gasteiger charge is 2.29. The second-order valence-corrected chi connectivity index (χ2v) is 17.6. The minimum atomic E-state index is 0.254. The van der Waals surface area contributed by atoms with Crippen LogP contribution in [0.1, 0.15) is 46.2 Å². The fourth-order valence-electron chi connectivity index (χ4n) is 10.8. The number of anilines is 2. The van der Waals surface area contributed by atoms with Gasteiger partial charge in [-0.15, -0.1) is 0 Å². The highest BCUT2D eigenvalue weighted by molar-refractivity contribution is 6.10. The lowest BCUT2D eigenvalue weighted by atomic mass is 9.74. The van der Waals surface area contributed by atoms with Crippen LogP contribution in [0.5, 0.6) is 0 Å². The van der Waals surface area contributed by atoms with Crippen LogP contribution in [0.25, 0.3) is 61.1 Å². The molecule has 8 aromatic carbocycles. The van der Waals surface area contributed by atoms with Gasteiger partial charge in [0.1, 0.15) is 0 Å². The minimum Gasteiger partial charge on any atom is -0.310 e. The largest absolute Gasteiger partial charge is 0.310 e. The van der Waals surface area contributed by atoms with Crippen molar-refractivity contribution in [2.24, 2.45) is 11.8 Å². The molecular formula is C62H47N. The van der Waals surface area contributed by atoms with Crippen molar-refractivity contribution in [2.45, 2.75) is 25.7 Å². The summed E-state index contributed by atoms with van der Waals surface area (Å²) >= 11 is 0. The maximum absolute atomic E-state index is 2.51. The zero-order valence-electron chi connectivity index (χ0n) is 35.5. The molecule has 1 aliphatic heterocycles. The summed E-state index contributed by atoms with van der Waals surface area (Å²) in [7, 11) is 0. The Morgan fingerprint density at radius 3 is 1.97 bits per heavy atom. The molecule has 0 aromatic heterocycles. The normalized spacial score (nSPS) is 18.7. The van der Waals surface area contributed by atoms with Gasteiger partial charge in [0, 0.05) is 29.1 Å². The molecule has 3 unspecified atom stereocenters. The summed E-state index contributed by atoms with van der Waals surface area (Å²) in [6, 6.07) is 63.0. The average molecular weight is 806 g/mol. The first-order chi connectivity index (χ1) is 31.1. The van der Waals surface area contributed by atoms with Crippen molar-refractivity contribution in [1.29, 1.82) is 0 Å². The van der Waals surface area contributed by atoms with Crippen LogP contribution >= 0.6 is 0 Å². The van der Waals surface area contributed by atoms with Crippen LogP contribution in [0.4, 0.5) is 11.4 Å². The molecule has 1 heterocycles. The van der Waals surface area contributed by atoms with E-state index in [1.54, 1.807) is 0 Å². The monoisotopic (exact) mass is 805 g/mol. The van der Waals surface area contributed by atoms with Crippen molar-refractivity contribution < 1.29 is 0 Å². The van der Waals surface area contributed by atoms with Crippen LogP contribution in [-0.4, -0.2) is 0 Å². The highest BCUT2D eigenvalue weighted by Crippen LogP contribution is 2.48. The number of hydrogen-bond donors (Lipinski definition) is 0. The number of allylic oxidation sites excluding steroid dienone is 10. The van der Waals surface area contributed by atoms with Crippen molar-refractivity contribution in [2.75, 3.05) is 4.90 Å². The second-order valence-electron chi connectivity index (χ2n) is 17.6. The Hall–Kier alpha value is -7.48. The van der Waals surface area contributed by atoms with E-state index in [0.717, 1.165) is 12.8 Å². The molecule has 0 saturated carbocycles. The van der Waals surface area contributed by atoms with Crippen LogP contribution in [0, 0.1) is 11.8 Å². The first-order valence-electron chi connectivity index (χ1n) is 22.5. The van der Waals surface area contributed by atoms with Gasteiger partial charge in [-0.2, -0.15) is 0 Å². The van der Waals surface area contributed by atoms with Crippen LogP contribution < -0.4 is 4.90 Å². The molecule has 12 rings (SSSR count). The first kappa shape index (κ1) is 37.3. The lowest BCUT2D eigenvalue weighted by Gasteiger charge is -2.35. The summed E-state index contributed by atoms with van der Waals surface area (Å²) in [4.78, 5) is 2.44. The van der Waals surface area contributed by atoms with Crippen molar-refractivity contribution >= 4 is 50.3 Å². The van der Waals surface area contributed by atoms with Crippen molar-refractivity contribution in [3.63, 3.8) is 0 Å². The van der Waals surface area contributed by atoms with E-state index in [9.17, 15) is 0 Å². The molecule has 3 atom stereocenters. The summed E-state index contributed by atoms with van der Waals surface area (Å²) in [6.45, 7) is 2.28. The predicted octanol–water partition coefficient (Wildman–Crippen LogP) is 16.1. The molecule has 0 N–H and O–H groups in total. The van der Waals surface area contributed by atoms with Crippen molar-refractivity contribution in [3.8, 4) is 22.3 Å². The fourth-order valence-corrected chi connectivity index (χ4v) is 10.8. The van der Waals surface area contributed by atoms with Crippen molar-refractivity contribution in [1.82, 2.24) is 0 Å². The smallest absolute Gasteiger partial charge is 0.0526 e. The quantitative estimate of drug-likeness (QED) is 0.162. The molecule has 1 nitrogen and oxygen atoms in total. The molecule has 0 saturated heterocycles. The highest BCUT2D eigenvalue weighted by atomic mass is 15.2. The van der Waals surface area contributed by atoms with E-state index in [1.807, 2.05) is 0 Å². The van der Waals surface area contributed by atoms with E-state index in [-0.39, 0.29) is 5.92 Å². The van der Waals surface area contributed by atoms with Gasteiger partial charge in [-0.25, -0.2) is 0 Å². The molecule has 0 bridgehead atoms. The van der Waals surface area contributed by atoms with E-state index in [4.69, 9.17) is 0 Å². The predicted molar refractivity (Wildman–Crippen MR) is 268 cm³/mol. The van der Waals surface area contributed by atoms with Gasteiger partial charge in [0.05, 0.1) is 5.70 Å². The maximum Gasteiger partial charge on any atom is 0.0526 e. The van der Waals surface area contributed by atoms with Crippen LogP contribution in [0.3, 0.4) is 0 Å². The van der Waals surface area contributed by atoms with Gasteiger partial charge >= 0.3 is 0 Å². The average Bonchev–Trinajstić information content (AvgIpc) is 3.35. The number of nitrogens with zero attached hydrogens (tertiary/aromatic N) is 1. The van der Waals surface area contributed by atoms with Gasteiger partial charge in [-0.05, 0) is 132 Å². The standard InChI is InChI=1S/C62H47N/c1-41-37-51-17-9-12-22-59(51)63(54-18-3-2-4-19-54)62(41)47-31-27-45(28-32-47)44-23-25-46(26-24-44)50-35-36-57-58(40-50)61(53-34-30-43-14-6-8-16-49(43)39-53)56-21-11-10-20-55(56)60(57)52-33-29-42-13-5-7-15-48(42)38-52/h2-36,38-39,43,49-50H,37,40H2,1H3. The van der Waals surface area contributed by atoms with Gasteiger partial charge in [0.25, 0.3) is 0 Å². The molecule has 8 aromatic rings. The Bertz CT molecular complexity index is 3280. The van der Waals surface area contributed by atoms with Crippen molar-refractivity contribution in [3.05, 3.63) is 257 Å². The molecule has 0 radical (unpaired) electrons. The summed E-state index contributed by atoms with van der Waals surface area (Å²) in [5, 5.41) is 5.17. The number of fused-ring (bicyclic) bond motifs is 5. The number of benzene rings is 8. The van der Waals surface area contributed by atoms with E-state index in [1.165, 1.54) is 105 Å². The van der Waals surface area contributed by atoms with Gasteiger partial charge in [0.2, 0.25) is 0 Å². The lowest BCUT2D eigenvalue weighted by molar-refractivity contribution is 0.663. The zero-order valence-corrected chi connectivity index (χ0v) is 35.5. The van der Waals surface area contributed by atoms with Gasteiger partial charge in [-0.1, -0.05) is 200 Å². The molecule has 1 heteroatoms. The van der Waals surface area contributed by atoms with E-state index in [0.29, 0.717) is 11.8 Å². The summed E-state index contributed by atoms with van der Waals surface area (Å²) in [6.07, 6.45) is 23.2. The minimum absolute atomic E-state index is 0.254. The Labute approximate surface area is 370 Å². The molecule has 0 amide bonds. The topological polar surface area (TPSA) is 3.24 Å². The van der Waals surface area contributed by atoms with Gasteiger partial charge < -0.3 is 4.90 Å². The Kier molecular flexibility index (Phi) is 9.15. The van der Waals surface area contributed by atoms with E-state index >= 15 is 0 Å². The third kappa shape index (κ3) is 6.55. The molecule has 4 aliphatic rings. The Morgan fingerprint density at radius 2 is 1.16 bits per heavy atom. The Morgan fingerprint density at radius 1 is 0.508 bits per heavy atom. The Balaban J connectivity index is 0.903. The summed E-state index contributed by atoms with van der Waals surface area (Å²) in [5.41, 5.74) is 19.6. The third-order valence-electron chi connectivity index (χ3n) is 13.9. The molecule has 0 fully saturated rings. The fraction of sp³-hybridized carbons (Fsp3) is 0.0968. The molecule has 300 valence electrons. The van der Waals surface area contributed by atoms with Crippen LogP contribution in [0.15, 0.2) is 224 Å². The second kappa shape index (κ2) is 15.5. The van der Waals surface area contributed by atoms with Crippen LogP contribution in [-0.2, 0) is 12.8 Å². The number of rotatable bonds is 6. The molecular weight excluding hydrogens is 759 g/mol. The number of hydrogen-bond acceptors (Lipinski definition) is 1. The first-order valence-corrected chi connectivity index (χ1v) is 22.5. The SMILES string of the molecule is CC1=C(c2ccc(-c3ccc(C4C=Cc5c(c(C6=CC7C=CC=CC7C=C6)c6ccccc6c5-c5ccc6ccccc6c5)C4)cc3)cc2)N(c2ccccc2)c2ccccc2C1. The molecule has 63 heavy (non-hydrogen) atoms. The lowest BCUT2D eigenvalue weighted by Crippen LogP contribution is -2.22.